The molecule has 1 heterocycles. The fraction of sp³-hybridized carbons (Fsp3) is 0.571. The molecule has 1 aromatic rings. The Balaban J connectivity index is 1.64. The number of rotatable bonds is 2. The van der Waals surface area contributed by atoms with E-state index < -0.39 is 0 Å². The summed E-state index contributed by atoms with van der Waals surface area (Å²) >= 11 is 0. The van der Waals surface area contributed by atoms with Crippen LogP contribution in [-0.4, -0.2) is 24.0 Å². The summed E-state index contributed by atoms with van der Waals surface area (Å²) in [5, 5.41) is 0. The fourth-order valence-corrected chi connectivity index (χ4v) is 3.44. The third-order valence-corrected chi connectivity index (χ3v) is 4.21. The minimum Gasteiger partial charge on any atom is -0.328 e. The van der Waals surface area contributed by atoms with Crippen LogP contribution in [0.25, 0.3) is 0 Å². The first kappa shape index (κ1) is 11.2. The molecule has 3 rings (SSSR count). The van der Waals surface area contributed by atoms with Gasteiger partial charge in [0, 0.05) is 31.2 Å². The molecule has 0 radical (unpaired) electrons. The van der Waals surface area contributed by atoms with Crippen molar-refractivity contribution in [3.05, 3.63) is 35.6 Å². The summed E-state index contributed by atoms with van der Waals surface area (Å²) in [6.45, 7) is 2.92. The average molecular weight is 234 g/mol. The van der Waals surface area contributed by atoms with Gasteiger partial charge in [-0.15, -0.1) is 0 Å². The van der Waals surface area contributed by atoms with E-state index in [1.165, 1.54) is 0 Å². The predicted molar refractivity (Wildman–Crippen MR) is 65.9 cm³/mol. The van der Waals surface area contributed by atoms with Crippen molar-refractivity contribution in [1.82, 2.24) is 4.90 Å². The molecule has 1 saturated heterocycles. The number of fused-ring (bicyclic) bond motifs is 1. The number of nitrogens with two attached hydrogens (primary N) is 1. The molecular formula is C14H19FN2. The highest BCUT2D eigenvalue weighted by Crippen LogP contribution is 2.37. The number of nitrogens with zero attached hydrogens (tertiary/aromatic N) is 1. The molecule has 1 aliphatic carbocycles. The van der Waals surface area contributed by atoms with Crippen LogP contribution in [0.15, 0.2) is 24.3 Å². The van der Waals surface area contributed by atoms with Crippen molar-refractivity contribution >= 4 is 0 Å². The largest absolute Gasteiger partial charge is 0.328 e. The second-order valence-electron chi connectivity index (χ2n) is 5.54. The van der Waals surface area contributed by atoms with E-state index in [0.717, 1.165) is 49.9 Å². The zero-order valence-corrected chi connectivity index (χ0v) is 9.98. The third-order valence-electron chi connectivity index (χ3n) is 4.21. The highest BCUT2D eigenvalue weighted by molar-refractivity contribution is 5.17. The summed E-state index contributed by atoms with van der Waals surface area (Å²) in [6, 6.07) is 7.49. The first-order valence-electron chi connectivity index (χ1n) is 6.43. The quantitative estimate of drug-likeness (QED) is 0.848. The van der Waals surface area contributed by atoms with Gasteiger partial charge in [-0.3, -0.25) is 4.90 Å². The van der Waals surface area contributed by atoms with Crippen molar-refractivity contribution in [2.24, 2.45) is 17.6 Å². The van der Waals surface area contributed by atoms with Gasteiger partial charge in [-0.1, -0.05) is 18.2 Å². The lowest BCUT2D eigenvalue weighted by Crippen LogP contribution is -2.25. The summed E-state index contributed by atoms with van der Waals surface area (Å²) < 4.78 is 13.5. The Hall–Kier alpha value is -0.930. The van der Waals surface area contributed by atoms with E-state index in [9.17, 15) is 4.39 Å². The molecular weight excluding hydrogens is 215 g/mol. The van der Waals surface area contributed by atoms with Gasteiger partial charge in [0.15, 0.2) is 0 Å². The summed E-state index contributed by atoms with van der Waals surface area (Å²) in [5.41, 5.74) is 6.79. The Morgan fingerprint density at radius 2 is 1.82 bits per heavy atom. The molecule has 2 N–H and O–H groups in total. The van der Waals surface area contributed by atoms with E-state index in [2.05, 4.69) is 4.90 Å². The number of hydrogen-bond acceptors (Lipinski definition) is 2. The summed E-state index contributed by atoms with van der Waals surface area (Å²) in [7, 11) is 0. The monoisotopic (exact) mass is 234 g/mol. The van der Waals surface area contributed by atoms with Crippen molar-refractivity contribution in [2.45, 2.75) is 25.4 Å². The topological polar surface area (TPSA) is 29.3 Å². The van der Waals surface area contributed by atoms with Crippen LogP contribution in [-0.2, 0) is 6.54 Å². The summed E-state index contributed by atoms with van der Waals surface area (Å²) in [5.74, 6) is 1.41. The Morgan fingerprint density at radius 3 is 2.47 bits per heavy atom. The van der Waals surface area contributed by atoms with E-state index >= 15 is 0 Å². The van der Waals surface area contributed by atoms with Gasteiger partial charge in [0.1, 0.15) is 5.82 Å². The van der Waals surface area contributed by atoms with Gasteiger partial charge in [0.05, 0.1) is 0 Å². The van der Waals surface area contributed by atoms with Crippen LogP contribution in [0.3, 0.4) is 0 Å². The lowest BCUT2D eigenvalue weighted by Gasteiger charge is -2.18. The Kier molecular flexibility index (Phi) is 2.89. The summed E-state index contributed by atoms with van der Waals surface area (Å²) in [4.78, 5) is 2.37. The SMILES string of the molecule is NC1C[C@@H]2CN(Cc3ccccc3F)C[C@@H]2C1. The first-order chi connectivity index (χ1) is 8.22. The van der Waals surface area contributed by atoms with Crippen LogP contribution in [0.2, 0.25) is 0 Å². The molecule has 2 fully saturated rings. The van der Waals surface area contributed by atoms with Gasteiger partial charge >= 0.3 is 0 Å². The lowest BCUT2D eigenvalue weighted by molar-refractivity contribution is 0.295. The van der Waals surface area contributed by atoms with Crippen molar-refractivity contribution in [1.29, 1.82) is 0 Å². The summed E-state index contributed by atoms with van der Waals surface area (Å²) in [6.07, 6.45) is 2.30. The molecule has 2 aliphatic rings. The lowest BCUT2D eigenvalue weighted by atomic mass is 10.0. The fourth-order valence-electron chi connectivity index (χ4n) is 3.44. The Bertz CT molecular complexity index is 393. The minimum atomic E-state index is -0.0822. The molecule has 1 aliphatic heterocycles. The predicted octanol–water partition coefficient (Wildman–Crippen LogP) is 1.99. The van der Waals surface area contributed by atoms with Crippen molar-refractivity contribution in [3.63, 3.8) is 0 Å². The number of halogens is 1. The molecule has 1 saturated carbocycles. The van der Waals surface area contributed by atoms with E-state index in [1.807, 2.05) is 12.1 Å². The van der Waals surface area contributed by atoms with Crippen LogP contribution in [0.5, 0.6) is 0 Å². The molecule has 1 unspecified atom stereocenters. The van der Waals surface area contributed by atoms with Crippen molar-refractivity contribution in [3.8, 4) is 0 Å². The molecule has 3 atom stereocenters. The van der Waals surface area contributed by atoms with Gasteiger partial charge in [-0.05, 0) is 30.7 Å². The van der Waals surface area contributed by atoms with Gasteiger partial charge in [-0.2, -0.15) is 0 Å². The zero-order chi connectivity index (χ0) is 11.8. The van der Waals surface area contributed by atoms with E-state index in [4.69, 9.17) is 5.73 Å². The van der Waals surface area contributed by atoms with E-state index in [0.29, 0.717) is 6.04 Å². The van der Waals surface area contributed by atoms with Crippen LogP contribution >= 0.6 is 0 Å². The van der Waals surface area contributed by atoms with Crippen LogP contribution in [0.1, 0.15) is 18.4 Å². The van der Waals surface area contributed by atoms with Gasteiger partial charge in [0.25, 0.3) is 0 Å². The third kappa shape index (κ3) is 2.22. The molecule has 3 heteroatoms. The highest BCUT2D eigenvalue weighted by atomic mass is 19.1. The smallest absolute Gasteiger partial charge is 0.127 e. The highest BCUT2D eigenvalue weighted by Gasteiger charge is 2.39. The van der Waals surface area contributed by atoms with Crippen molar-refractivity contribution in [2.75, 3.05) is 13.1 Å². The van der Waals surface area contributed by atoms with Crippen LogP contribution < -0.4 is 5.73 Å². The molecule has 17 heavy (non-hydrogen) atoms. The maximum absolute atomic E-state index is 13.5. The second-order valence-corrected chi connectivity index (χ2v) is 5.54. The maximum atomic E-state index is 13.5. The normalized spacial score (nSPS) is 32.9. The van der Waals surface area contributed by atoms with Crippen molar-refractivity contribution < 1.29 is 4.39 Å². The van der Waals surface area contributed by atoms with Gasteiger partial charge in [0.2, 0.25) is 0 Å². The Labute approximate surface area is 102 Å². The number of benzene rings is 1. The molecule has 1 aromatic carbocycles. The van der Waals surface area contributed by atoms with Crippen LogP contribution in [0, 0.1) is 17.7 Å². The average Bonchev–Trinajstić information content (AvgIpc) is 2.78. The number of hydrogen-bond donors (Lipinski definition) is 1. The first-order valence-corrected chi connectivity index (χ1v) is 6.43. The Morgan fingerprint density at radius 1 is 1.18 bits per heavy atom. The standard InChI is InChI=1S/C14H19FN2/c15-14-4-2-1-3-10(14)7-17-8-11-5-13(16)6-12(11)9-17/h1-4,11-13H,5-9,16H2/t11-,12+,13?. The number of likely N-dealkylation sites (tertiary alicyclic amines) is 1. The maximum Gasteiger partial charge on any atom is 0.127 e. The molecule has 92 valence electrons. The van der Waals surface area contributed by atoms with E-state index in [-0.39, 0.29) is 5.82 Å². The minimum absolute atomic E-state index is 0.0822. The second kappa shape index (κ2) is 4.39. The molecule has 0 spiro atoms. The van der Waals surface area contributed by atoms with E-state index in [1.54, 1.807) is 12.1 Å². The molecule has 0 bridgehead atoms. The van der Waals surface area contributed by atoms with Gasteiger partial charge in [-0.25, -0.2) is 4.39 Å². The molecule has 2 nitrogen and oxygen atoms in total. The molecule has 0 aromatic heterocycles. The molecule has 0 amide bonds. The van der Waals surface area contributed by atoms with Gasteiger partial charge < -0.3 is 5.73 Å². The van der Waals surface area contributed by atoms with Crippen LogP contribution in [0.4, 0.5) is 4.39 Å². The zero-order valence-electron chi connectivity index (χ0n) is 9.98.